The number of alkyl halides is 2. The molecule has 0 spiro atoms. The zero-order valence-corrected chi connectivity index (χ0v) is 11.0. The predicted octanol–water partition coefficient (Wildman–Crippen LogP) is 4.21. The maximum atomic E-state index is 14.3. The Bertz CT molecular complexity index is 382. The molecule has 5 heteroatoms. The number of hydrogen-bond donors (Lipinski definition) is 0. The van der Waals surface area contributed by atoms with Gasteiger partial charge in [0.05, 0.1) is 6.61 Å². The van der Waals surface area contributed by atoms with Gasteiger partial charge >= 0.3 is 0 Å². The van der Waals surface area contributed by atoms with Crippen LogP contribution in [0.3, 0.4) is 0 Å². The van der Waals surface area contributed by atoms with Crippen molar-refractivity contribution in [1.29, 1.82) is 0 Å². The topological polar surface area (TPSA) is 9.23 Å². The summed E-state index contributed by atoms with van der Waals surface area (Å²) < 4.78 is 60.5. The molecule has 1 aliphatic rings. The Morgan fingerprint density at radius 1 is 1.28 bits per heavy atom. The van der Waals surface area contributed by atoms with Gasteiger partial charge in [-0.05, 0) is 19.3 Å². The molecule has 0 heterocycles. The maximum absolute atomic E-state index is 14.3. The number of rotatable bonds is 4. The zero-order valence-electron chi connectivity index (χ0n) is 11.0. The highest BCUT2D eigenvalue weighted by atomic mass is 19.2. The fourth-order valence-electron chi connectivity index (χ4n) is 2.06. The number of allylic oxidation sites excluding steroid dienone is 3. The van der Waals surface area contributed by atoms with Crippen LogP contribution in [-0.4, -0.2) is 25.6 Å². The summed E-state index contributed by atoms with van der Waals surface area (Å²) in [5, 5.41) is 0. The fraction of sp³-hybridized carbons (Fsp3) is 0.692. The highest BCUT2D eigenvalue weighted by Crippen LogP contribution is 2.44. The van der Waals surface area contributed by atoms with E-state index in [4.69, 9.17) is 0 Å². The Balaban J connectivity index is 3.28. The summed E-state index contributed by atoms with van der Waals surface area (Å²) in [6, 6.07) is 0. The van der Waals surface area contributed by atoms with Crippen LogP contribution in [0.4, 0.5) is 17.6 Å². The summed E-state index contributed by atoms with van der Waals surface area (Å²) >= 11 is 0. The van der Waals surface area contributed by atoms with Crippen LogP contribution in [0, 0.1) is 5.92 Å². The second-order valence-electron chi connectivity index (χ2n) is 5.10. The van der Waals surface area contributed by atoms with Gasteiger partial charge in [0.2, 0.25) is 0 Å². The molecule has 0 bridgehead atoms. The molecule has 18 heavy (non-hydrogen) atoms. The normalized spacial score (nSPS) is 29.5. The van der Waals surface area contributed by atoms with Gasteiger partial charge < -0.3 is 4.74 Å². The Kier molecular flexibility index (Phi) is 4.59. The van der Waals surface area contributed by atoms with Crippen LogP contribution >= 0.6 is 0 Å². The van der Waals surface area contributed by atoms with Crippen molar-refractivity contribution in [2.45, 2.75) is 39.0 Å². The van der Waals surface area contributed by atoms with Crippen LogP contribution < -0.4 is 0 Å². The largest absolute Gasteiger partial charge is 0.380 e. The highest BCUT2D eigenvalue weighted by Gasteiger charge is 2.48. The molecule has 0 amide bonds. The van der Waals surface area contributed by atoms with E-state index in [0.29, 0.717) is 0 Å². The number of halogens is 4. The molecule has 0 saturated carbocycles. The quantitative estimate of drug-likeness (QED) is 0.693. The van der Waals surface area contributed by atoms with Crippen LogP contribution in [0.2, 0.25) is 0 Å². The van der Waals surface area contributed by atoms with Crippen molar-refractivity contribution in [2.24, 2.45) is 5.92 Å². The molecule has 0 aromatic carbocycles. The van der Waals surface area contributed by atoms with Gasteiger partial charge in [0.1, 0.15) is 0 Å². The molecule has 1 rings (SSSR count). The van der Waals surface area contributed by atoms with Gasteiger partial charge in [-0.3, -0.25) is 0 Å². The molecule has 2 atom stereocenters. The highest BCUT2D eigenvalue weighted by molar-refractivity contribution is 5.44. The third kappa shape index (κ3) is 2.60. The number of ether oxygens (including phenoxy) is 1. The molecule has 0 aromatic rings. The van der Waals surface area contributed by atoms with Gasteiger partial charge in [0.25, 0.3) is 0 Å². The summed E-state index contributed by atoms with van der Waals surface area (Å²) in [6.45, 7) is 3.91. The minimum Gasteiger partial charge on any atom is -0.380 e. The first-order chi connectivity index (χ1) is 8.23. The van der Waals surface area contributed by atoms with E-state index in [9.17, 15) is 17.6 Å². The first-order valence-electron chi connectivity index (χ1n) is 5.83. The van der Waals surface area contributed by atoms with Crippen molar-refractivity contribution in [3.05, 3.63) is 22.8 Å². The summed E-state index contributed by atoms with van der Waals surface area (Å²) in [5.74, 6) is -2.69. The minimum absolute atomic E-state index is 0.0137. The monoisotopic (exact) mass is 266 g/mol. The standard InChI is InChI=1S/C13H18F4O/c1-7(2)5-8-10(14)11(15)9(6-18-4)13(3,17)12(8)16/h7,12H,5-6H2,1-4H3/t12?,13-/m1/s1. The van der Waals surface area contributed by atoms with Gasteiger partial charge in [-0.15, -0.1) is 0 Å². The van der Waals surface area contributed by atoms with Crippen LogP contribution in [0.1, 0.15) is 27.2 Å². The lowest BCUT2D eigenvalue weighted by Gasteiger charge is -2.33. The molecule has 1 nitrogen and oxygen atoms in total. The van der Waals surface area contributed by atoms with Gasteiger partial charge in [-0.25, -0.2) is 17.6 Å². The van der Waals surface area contributed by atoms with Crippen molar-refractivity contribution in [3.8, 4) is 0 Å². The van der Waals surface area contributed by atoms with E-state index >= 15 is 0 Å². The van der Waals surface area contributed by atoms with Gasteiger partial charge in [-0.2, -0.15) is 0 Å². The van der Waals surface area contributed by atoms with Crippen molar-refractivity contribution in [3.63, 3.8) is 0 Å². The number of methoxy groups -OCH3 is 1. The van der Waals surface area contributed by atoms with Gasteiger partial charge in [-0.1, -0.05) is 13.8 Å². The van der Waals surface area contributed by atoms with E-state index in [2.05, 4.69) is 4.74 Å². The molecular formula is C13H18F4O. The maximum Gasteiger partial charge on any atom is 0.169 e. The van der Waals surface area contributed by atoms with Gasteiger partial charge in [0, 0.05) is 18.3 Å². The average molecular weight is 266 g/mol. The van der Waals surface area contributed by atoms with E-state index in [0.717, 1.165) is 6.92 Å². The Hall–Kier alpha value is -0.840. The Labute approximate surface area is 105 Å². The van der Waals surface area contributed by atoms with Crippen molar-refractivity contribution >= 4 is 0 Å². The van der Waals surface area contributed by atoms with E-state index in [-0.39, 0.29) is 12.3 Å². The Morgan fingerprint density at radius 3 is 2.28 bits per heavy atom. The molecule has 104 valence electrons. The van der Waals surface area contributed by atoms with E-state index in [1.165, 1.54) is 7.11 Å². The molecule has 0 saturated heterocycles. The molecule has 0 aromatic heterocycles. The Morgan fingerprint density at radius 2 is 1.83 bits per heavy atom. The third-order valence-electron chi connectivity index (χ3n) is 3.03. The lowest BCUT2D eigenvalue weighted by molar-refractivity contribution is 0.0871. The third-order valence-corrected chi connectivity index (χ3v) is 3.03. The van der Waals surface area contributed by atoms with Crippen LogP contribution in [-0.2, 0) is 4.74 Å². The van der Waals surface area contributed by atoms with Crippen LogP contribution in [0.25, 0.3) is 0 Å². The molecule has 1 aliphatic carbocycles. The predicted molar refractivity (Wildman–Crippen MR) is 62.0 cm³/mol. The second-order valence-corrected chi connectivity index (χ2v) is 5.10. The SMILES string of the molecule is COCC1=C(F)C(F)=C(CC(C)C)C(F)[C@]1(C)F. The lowest BCUT2D eigenvalue weighted by atomic mass is 9.80. The molecule has 1 unspecified atom stereocenters. The average Bonchev–Trinajstić information content (AvgIpc) is 2.28. The van der Waals surface area contributed by atoms with Crippen molar-refractivity contribution in [2.75, 3.05) is 13.7 Å². The lowest BCUT2D eigenvalue weighted by Crippen LogP contribution is -2.40. The van der Waals surface area contributed by atoms with E-state index in [1.54, 1.807) is 13.8 Å². The second kappa shape index (κ2) is 5.43. The van der Waals surface area contributed by atoms with Crippen molar-refractivity contribution in [1.82, 2.24) is 0 Å². The van der Waals surface area contributed by atoms with Crippen LogP contribution in [0.5, 0.6) is 0 Å². The first kappa shape index (κ1) is 15.2. The van der Waals surface area contributed by atoms with E-state index < -0.39 is 41.2 Å². The summed E-state index contributed by atoms with van der Waals surface area (Å²) in [6.07, 6.45) is -2.19. The molecule has 0 N–H and O–H groups in total. The molecule has 0 fully saturated rings. The molecule has 0 radical (unpaired) electrons. The molecular weight excluding hydrogens is 248 g/mol. The van der Waals surface area contributed by atoms with Crippen molar-refractivity contribution < 1.29 is 22.3 Å². The summed E-state index contributed by atoms with van der Waals surface area (Å²) in [5.41, 5.74) is -3.62. The fourth-order valence-corrected chi connectivity index (χ4v) is 2.06. The van der Waals surface area contributed by atoms with E-state index in [1.807, 2.05) is 0 Å². The summed E-state index contributed by atoms with van der Waals surface area (Å²) in [7, 11) is 1.22. The minimum atomic E-state index is -2.57. The first-order valence-corrected chi connectivity index (χ1v) is 5.83. The van der Waals surface area contributed by atoms with Gasteiger partial charge in [0.15, 0.2) is 23.5 Å². The van der Waals surface area contributed by atoms with Crippen LogP contribution in [0.15, 0.2) is 22.8 Å². The zero-order chi connectivity index (χ0) is 14.1. The molecule has 0 aliphatic heterocycles. The summed E-state index contributed by atoms with van der Waals surface area (Å²) in [4.78, 5) is 0. The number of hydrogen-bond acceptors (Lipinski definition) is 1. The smallest absolute Gasteiger partial charge is 0.169 e.